The van der Waals surface area contributed by atoms with Gasteiger partial charge in [-0.15, -0.1) is 0 Å². The number of para-hydroxylation sites is 1. The van der Waals surface area contributed by atoms with Crippen LogP contribution >= 0.6 is 11.6 Å². The van der Waals surface area contributed by atoms with Gasteiger partial charge in [-0.1, -0.05) is 55.0 Å². The summed E-state index contributed by atoms with van der Waals surface area (Å²) in [4.78, 5) is 46.6. The van der Waals surface area contributed by atoms with Crippen molar-refractivity contribution in [1.82, 2.24) is 9.80 Å². The summed E-state index contributed by atoms with van der Waals surface area (Å²) in [5, 5.41) is 9.94. The van der Waals surface area contributed by atoms with Crippen LogP contribution in [-0.4, -0.2) is 83.2 Å². The van der Waals surface area contributed by atoms with E-state index in [0.29, 0.717) is 30.1 Å². The third kappa shape index (κ3) is 3.37. The number of halogens is 1. The Bertz CT molecular complexity index is 1120. The maximum absolute atomic E-state index is 14.2. The van der Waals surface area contributed by atoms with Crippen LogP contribution < -0.4 is 4.90 Å². The van der Waals surface area contributed by atoms with E-state index in [1.807, 2.05) is 31.2 Å². The van der Waals surface area contributed by atoms with Gasteiger partial charge in [-0.05, 0) is 25.0 Å². The summed E-state index contributed by atoms with van der Waals surface area (Å²) < 4.78 is 6.84. The first kappa shape index (κ1) is 24.0. The molecule has 5 atom stereocenters. The molecule has 1 unspecified atom stereocenters. The Morgan fingerprint density at radius 2 is 1.80 bits per heavy atom. The van der Waals surface area contributed by atoms with E-state index < -0.39 is 29.1 Å². The van der Waals surface area contributed by atoms with Crippen LogP contribution in [0.5, 0.6) is 0 Å². The molecular weight excluding hydrogens is 470 g/mol. The topological polar surface area (TPSA) is 90.4 Å². The van der Waals surface area contributed by atoms with Gasteiger partial charge in [0, 0.05) is 33.3 Å². The Kier molecular flexibility index (Phi) is 6.02. The van der Waals surface area contributed by atoms with Gasteiger partial charge in [0.2, 0.25) is 11.8 Å². The van der Waals surface area contributed by atoms with Crippen molar-refractivity contribution in [1.29, 1.82) is 0 Å². The van der Waals surface area contributed by atoms with Crippen molar-refractivity contribution in [3.63, 3.8) is 0 Å². The van der Waals surface area contributed by atoms with Crippen molar-refractivity contribution in [2.45, 2.75) is 37.0 Å². The Morgan fingerprint density at radius 1 is 1.06 bits per heavy atom. The fourth-order valence-electron chi connectivity index (χ4n) is 6.25. The summed E-state index contributed by atoms with van der Waals surface area (Å²) in [5.41, 5.74) is -1.75. The zero-order chi connectivity index (χ0) is 25.0. The molecule has 186 valence electrons. The maximum atomic E-state index is 14.2. The fourth-order valence-corrected chi connectivity index (χ4v) is 6.49. The van der Waals surface area contributed by atoms with Gasteiger partial charge in [0.15, 0.2) is 0 Å². The number of benzene rings is 1. The number of hydrogen-bond acceptors (Lipinski definition) is 5. The number of ether oxygens (including phenoxy) is 1. The van der Waals surface area contributed by atoms with Crippen LogP contribution in [0.2, 0.25) is 5.02 Å². The predicted molar refractivity (Wildman–Crippen MR) is 131 cm³/mol. The van der Waals surface area contributed by atoms with Crippen molar-refractivity contribution in [2.24, 2.45) is 11.8 Å². The molecule has 5 rings (SSSR count). The van der Waals surface area contributed by atoms with Crippen LogP contribution in [0.3, 0.4) is 0 Å². The lowest BCUT2D eigenvalue weighted by molar-refractivity contribution is -0.149. The first-order valence-corrected chi connectivity index (χ1v) is 12.5. The third-order valence-electron chi connectivity index (χ3n) is 7.84. The molecule has 4 aliphatic rings. The molecule has 0 radical (unpaired) electrons. The van der Waals surface area contributed by atoms with E-state index in [1.165, 1.54) is 4.90 Å². The molecule has 3 amide bonds. The Balaban J connectivity index is 1.67. The average Bonchev–Trinajstić information content (AvgIpc) is 3.14. The summed E-state index contributed by atoms with van der Waals surface area (Å²) in [5.74, 6) is -2.38. The van der Waals surface area contributed by atoms with E-state index in [9.17, 15) is 19.5 Å². The molecule has 1 aromatic rings. The minimum atomic E-state index is -1.31. The number of amides is 3. The van der Waals surface area contributed by atoms with Gasteiger partial charge in [-0.2, -0.15) is 0 Å². The second kappa shape index (κ2) is 8.76. The minimum Gasteiger partial charge on any atom is -0.396 e. The highest BCUT2D eigenvalue weighted by molar-refractivity contribution is 6.34. The zero-order valence-electron chi connectivity index (χ0n) is 19.9. The van der Waals surface area contributed by atoms with Crippen molar-refractivity contribution in [3.05, 3.63) is 53.6 Å². The molecule has 0 aromatic heterocycles. The monoisotopic (exact) mass is 499 g/mol. The molecule has 0 aliphatic carbocycles. The summed E-state index contributed by atoms with van der Waals surface area (Å²) in [6.45, 7) is 2.69. The van der Waals surface area contributed by atoms with Gasteiger partial charge < -0.3 is 24.5 Å². The van der Waals surface area contributed by atoms with Gasteiger partial charge in [-0.25, -0.2) is 0 Å². The molecule has 2 fully saturated rings. The number of aliphatic hydroxyl groups excluding tert-OH is 1. The number of carbonyl (C=O) groups excluding carboxylic acids is 3. The molecule has 2 saturated heterocycles. The molecule has 1 aromatic carbocycles. The minimum absolute atomic E-state index is 0.125. The van der Waals surface area contributed by atoms with E-state index in [-0.39, 0.29) is 37.4 Å². The number of aliphatic hydroxyl groups is 1. The Hall–Kier alpha value is -2.68. The Morgan fingerprint density at radius 3 is 2.51 bits per heavy atom. The first-order chi connectivity index (χ1) is 16.8. The molecular formula is C26H30ClN3O5. The predicted octanol–water partition coefficient (Wildman–Crippen LogP) is 2.01. The van der Waals surface area contributed by atoms with Crippen LogP contribution in [0, 0.1) is 11.8 Å². The van der Waals surface area contributed by atoms with Gasteiger partial charge in [0.25, 0.3) is 5.91 Å². The number of likely N-dealkylation sites (N-methyl/N-ethyl adjacent to an activating group) is 1. The summed E-state index contributed by atoms with van der Waals surface area (Å²) in [6.07, 6.45) is 8.26. The lowest BCUT2D eigenvalue weighted by Crippen LogP contribution is -2.56. The van der Waals surface area contributed by atoms with Crippen molar-refractivity contribution < 1.29 is 24.2 Å². The molecule has 1 N–H and O–H groups in total. The highest BCUT2D eigenvalue weighted by Gasteiger charge is 2.75. The van der Waals surface area contributed by atoms with E-state index in [0.717, 1.165) is 0 Å². The smallest absolute Gasteiger partial charge is 0.253 e. The van der Waals surface area contributed by atoms with E-state index in [4.69, 9.17) is 16.3 Å². The molecule has 0 bridgehead atoms. The third-order valence-corrected chi connectivity index (χ3v) is 8.16. The van der Waals surface area contributed by atoms with Crippen LogP contribution in [0.4, 0.5) is 5.69 Å². The van der Waals surface area contributed by atoms with Crippen LogP contribution in [0.25, 0.3) is 0 Å². The van der Waals surface area contributed by atoms with Gasteiger partial charge >= 0.3 is 0 Å². The summed E-state index contributed by atoms with van der Waals surface area (Å²) in [7, 11) is 1.72. The van der Waals surface area contributed by atoms with Crippen molar-refractivity contribution in [3.8, 4) is 0 Å². The maximum Gasteiger partial charge on any atom is 0.253 e. The number of rotatable bonds is 5. The molecule has 9 heteroatoms. The lowest BCUT2D eigenvalue weighted by Gasteiger charge is -2.38. The normalized spacial score (nSPS) is 34.1. The van der Waals surface area contributed by atoms with Gasteiger partial charge in [-0.3, -0.25) is 14.4 Å². The second-order valence-corrected chi connectivity index (χ2v) is 10.1. The van der Waals surface area contributed by atoms with Crippen LogP contribution in [0.1, 0.15) is 19.8 Å². The summed E-state index contributed by atoms with van der Waals surface area (Å²) >= 11 is 6.45. The van der Waals surface area contributed by atoms with E-state index in [1.54, 1.807) is 41.1 Å². The quantitative estimate of drug-likeness (QED) is 0.626. The first-order valence-electron chi connectivity index (χ1n) is 12.1. The van der Waals surface area contributed by atoms with E-state index >= 15 is 0 Å². The number of carbonyl (C=O) groups is 3. The van der Waals surface area contributed by atoms with Crippen molar-refractivity contribution in [2.75, 3.05) is 38.2 Å². The fraction of sp³-hybridized carbons (Fsp3) is 0.500. The number of fused-ring (bicyclic) bond motifs is 2. The molecule has 0 saturated carbocycles. The lowest BCUT2D eigenvalue weighted by atomic mass is 9.73. The molecule has 35 heavy (non-hydrogen) atoms. The number of hydrogen-bond donors (Lipinski definition) is 1. The molecule has 4 aliphatic heterocycles. The molecule has 4 heterocycles. The zero-order valence-corrected chi connectivity index (χ0v) is 20.6. The van der Waals surface area contributed by atoms with Crippen LogP contribution in [0.15, 0.2) is 48.6 Å². The molecule has 8 nitrogen and oxygen atoms in total. The standard InChI is InChI=1S/C26H30ClN3O5/c1-3-25-11-6-13-28(2)22(32)19(25)20-23(33)30(15-8-16-31)21-24(34)29(14-7-12-26(20,21)35-25)18-10-5-4-9-17(18)27/h4-7,9-12,19-21,31H,3,8,13-16H2,1-2H3/t19-,20-,21?,25+,26-/m0/s1. The largest absolute Gasteiger partial charge is 0.396 e. The highest BCUT2D eigenvalue weighted by Crippen LogP contribution is 2.58. The average molecular weight is 500 g/mol. The number of likely N-dealkylation sites (tertiary alicyclic amines) is 1. The van der Waals surface area contributed by atoms with Gasteiger partial charge in [0.05, 0.1) is 28.1 Å². The Labute approximate surface area is 209 Å². The summed E-state index contributed by atoms with van der Waals surface area (Å²) in [6, 6.07) is 6.10. The molecule has 1 spiro atoms. The number of nitrogens with zero attached hydrogens (tertiary/aromatic N) is 3. The van der Waals surface area contributed by atoms with Gasteiger partial charge in [0.1, 0.15) is 11.6 Å². The van der Waals surface area contributed by atoms with Crippen LogP contribution in [-0.2, 0) is 19.1 Å². The van der Waals surface area contributed by atoms with E-state index in [2.05, 4.69) is 0 Å². The highest BCUT2D eigenvalue weighted by atomic mass is 35.5. The second-order valence-electron chi connectivity index (χ2n) is 9.65. The van der Waals surface area contributed by atoms with Crippen molar-refractivity contribution >= 4 is 35.0 Å². The SMILES string of the molecule is CC[C@@]12C=CCN(C)C(=O)[C@@H]1[C@H]1C(=O)N(CCCO)C3C(=O)N(c4ccccc4Cl)CC=C[C@@]31O2. The number of anilines is 1.